The van der Waals surface area contributed by atoms with Crippen LogP contribution in [0.5, 0.6) is 0 Å². The Labute approximate surface area is 221 Å². The molecule has 190 valence electrons. The van der Waals surface area contributed by atoms with Crippen LogP contribution in [0.3, 0.4) is 0 Å². The topological polar surface area (TPSA) is 12.5 Å². The summed E-state index contributed by atoms with van der Waals surface area (Å²) in [5, 5.41) is 0. The number of hydrogen-bond donors (Lipinski definition) is 0. The fourth-order valence-corrected chi connectivity index (χ4v) is 5.19. The average molecular weight is 570 g/mol. The summed E-state index contributed by atoms with van der Waals surface area (Å²) in [5.41, 5.74) is 1.37. The third-order valence-corrected chi connectivity index (χ3v) is 7.09. The maximum atomic E-state index is 15.0. The van der Waals surface area contributed by atoms with E-state index < -0.39 is 23.7 Å². The number of likely N-dealkylation sites (tertiary alicyclic amines) is 1. The Morgan fingerprint density at radius 2 is 1.32 bits per heavy atom. The van der Waals surface area contributed by atoms with Gasteiger partial charge in [0, 0.05) is 23.1 Å². The van der Waals surface area contributed by atoms with Gasteiger partial charge in [0.15, 0.2) is 0 Å². The highest BCUT2D eigenvalue weighted by atomic mass is 79.9. The number of rotatable bonds is 7. The molecule has 0 N–H and O–H groups in total. The van der Waals surface area contributed by atoms with Crippen molar-refractivity contribution in [3.63, 3.8) is 0 Å². The Morgan fingerprint density at radius 1 is 0.757 bits per heavy atom. The highest BCUT2D eigenvalue weighted by Gasteiger charge is 2.40. The van der Waals surface area contributed by atoms with E-state index in [0.29, 0.717) is 17.6 Å². The molecule has 0 aromatic heterocycles. The van der Waals surface area contributed by atoms with E-state index in [4.69, 9.17) is 4.74 Å². The second-order valence-corrected chi connectivity index (χ2v) is 9.98. The second kappa shape index (κ2) is 10.8. The number of ether oxygens (including phenoxy) is 1. The zero-order valence-corrected chi connectivity index (χ0v) is 21.3. The molecular formula is C30H24BrF4NO. The molecule has 2 nitrogen and oxygen atoms in total. The number of alkyl halides is 3. The van der Waals surface area contributed by atoms with Crippen LogP contribution in [-0.2, 0) is 10.9 Å². The van der Waals surface area contributed by atoms with Gasteiger partial charge in [0.05, 0.1) is 17.7 Å². The molecule has 0 radical (unpaired) electrons. The number of hydrogen-bond acceptors (Lipinski definition) is 2. The largest absolute Gasteiger partial charge is 0.416 e. The SMILES string of the molecule is Fc1cc(Br)ccc1C(OC1CN(C(c2ccccc2)c2ccccc2)C1)c1ccccc1C(F)(F)F. The molecule has 1 saturated heterocycles. The molecule has 0 aliphatic carbocycles. The molecule has 7 heteroatoms. The van der Waals surface area contributed by atoms with Crippen LogP contribution in [0.15, 0.2) is 108 Å². The van der Waals surface area contributed by atoms with Crippen LogP contribution >= 0.6 is 15.9 Å². The lowest BCUT2D eigenvalue weighted by atomic mass is 9.93. The molecule has 0 amide bonds. The normalized spacial score (nSPS) is 15.5. The molecule has 4 aromatic rings. The molecule has 1 atom stereocenters. The van der Waals surface area contributed by atoms with Crippen LogP contribution in [0.2, 0.25) is 0 Å². The lowest BCUT2D eigenvalue weighted by Crippen LogP contribution is -2.54. The highest BCUT2D eigenvalue weighted by Crippen LogP contribution is 2.41. The van der Waals surface area contributed by atoms with Crippen molar-refractivity contribution in [1.29, 1.82) is 0 Å². The molecule has 37 heavy (non-hydrogen) atoms. The summed E-state index contributed by atoms with van der Waals surface area (Å²) >= 11 is 3.22. The summed E-state index contributed by atoms with van der Waals surface area (Å²) in [6, 6.07) is 29.6. The first kappa shape index (κ1) is 25.6. The summed E-state index contributed by atoms with van der Waals surface area (Å²) in [7, 11) is 0. The molecule has 1 aliphatic heterocycles. The third kappa shape index (κ3) is 5.64. The van der Waals surface area contributed by atoms with Gasteiger partial charge < -0.3 is 4.74 Å². The van der Waals surface area contributed by atoms with Gasteiger partial charge in [0.25, 0.3) is 0 Å². The van der Waals surface area contributed by atoms with Crippen molar-refractivity contribution in [3.05, 3.63) is 141 Å². The van der Waals surface area contributed by atoms with Crippen LogP contribution in [0, 0.1) is 5.82 Å². The van der Waals surface area contributed by atoms with Crippen LogP contribution in [0.25, 0.3) is 0 Å². The summed E-state index contributed by atoms with van der Waals surface area (Å²) in [6.07, 6.45) is -6.17. The van der Waals surface area contributed by atoms with Gasteiger partial charge in [0.2, 0.25) is 0 Å². The van der Waals surface area contributed by atoms with Gasteiger partial charge in [-0.2, -0.15) is 13.2 Å². The van der Waals surface area contributed by atoms with E-state index in [9.17, 15) is 13.2 Å². The van der Waals surface area contributed by atoms with Crippen LogP contribution in [0.4, 0.5) is 17.6 Å². The van der Waals surface area contributed by atoms with Gasteiger partial charge in [-0.15, -0.1) is 0 Å². The van der Waals surface area contributed by atoms with E-state index in [0.717, 1.165) is 17.2 Å². The van der Waals surface area contributed by atoms with Crippen LogP contribution < -0.4 is 0 Å². The minimum absolute atomic E-state index is 0.0208. The molecular weight excluding hydrogens is 546 g/mol. The summed E-state index contributed by atoms with van der Waals surface area (Å²) in [4.78, 5) is 2.22. The maximum absolute atomic E-state index is 15.0. The number of nitrogens with zero attached hydrogens (tertiary/aromatic N) is 1. The van der Waals surface area contributed by atoms with Crippen LogP contribution in [-0.4, -0.2) is 24.1 Å². The lowest BCUT2D eigenvalue weighted by molar-refractivity contribution is -0.141. The predicted octanol–water partition coefficient (Wildman–Crippen LogP) is 8.19. The highest BCUT2D eigenvalue weighted by molar-refractivity contribution is 9.10. The van der Waals surface area contributed by atoms with E-state index in [-0.39, 0.29) is 23.3 Å². The van der Waals surface area contributed by atoms with Gasteiger partial charge >= 0.3 is 6.18 Å². The summed E-state index contributed by atoms with van der Waals surface area (Å²) in [6.45, 7) is 0.995. The first-order valence-electron chi connectivity index (χ1n) is 11.9. The van der Waals surface area contributed by atoms with Crippen molar-refractivity contribution in [2.24, 2.45) is 0 Å². The second-order valence-electron chi connectivity index (χ2n) is 9.07. The zero-order chi connectivity index (χ0) is 26.0. The standard InChI is InChI=1S/C30H24BrF4NO/c31-22-15-16-25(27(32)17-22)29(24-13-7-8-14-26(24)30(33,34)35)37-23-18-36(19-23)28(20-9-3-1-4-10-20)21-11-5-2-6-12-21/h1-17,23,28-29H,18-19H2. The molecule has 1 aliphatic rings. The molecule has 1 heterocycles. The first-order chi connectivity index (χ1) is 17.8. The fraction of sp³-hybridized carbons (Fsp3) is 0.200. The van der Waals surface area contributed by atoms with Crippen molar-refractivity contribution in [3.8, 4) is 0 Å². The molecule has 5 rings (SSSR count). The predicted molar refractivity (Wildman–Crippen MR) is 139 cm³/mol. The number of halogens is 5. The molecule has 0 spiro atoms. The van der Waals surface area contributed by atoms with Gasteiger partial charge in [-0.1, -0.05) is 101 Å². The van der Waals surface area contributed by atoms with Crippen molar-refractivity contribution in [1.82, 2.24) is 4.90 Å². The smallest absolute Gasteiger partial charge is 0.363 e. The van der Waals surface area contributed by atoms with Crippen molar-refractivity contribution in [2.45, 2.75) is 24.4 Å². The summed E-state index contributed by atoms with van der Waals surface area (Å²) < 4.78 is 63.5. The van der Waals surface area contributed by atoms with Gasteiger partial charge in [-0.05, 0) is 34.9 Å². The lowest BCUT2D eigenvalue weighted by Gasteiger charge is -2.45. The molecule has 0 bridgehead atoms. The minimum atomic E-state index is -4.60. The van der Waals surface area contributed by atoms with E-state index in [1.807, 2.05) is 36.4 Å². The number of benzene rings is 4. The Balaban J connectivity index is 1.44. The van der Waals surface area contributed by atoms with E-state index in [1.165, 1.54) is 30.3 Å². The Bertz CT molecular complexity index is 1300. The average Bonchev–Trinajstić information content (AvgIpc) is 2.86. The van der Waals surface area contributed by atoms with Gasteiger partial charge in [0.1, 0.15) is 11.9 Å². The third-order valence-electron chi connectivity index (χ3n) is 6.59. The summed E-state index contributed by atoms with van der Waals surface area (Å²) in [5.74, 6) is -0.626. The van der Waals surface area contributed by atoms with Crippen molar-refractivity contribution >= 4 is 15.9 Å². The Hall–Kier alpha value is -3.00. The van der Waals surface area contributed by atoms with Gasteiger partial charge in [-0.25, -0.2) is 4.39 Å². The Morgan fingerprint density at radius 3 is 1.89 bits per heavy atom. The van der Waals surface area contributed by atoms with Crippen LogP contribution in [0.1, 0.15) is 40.0 Å². The van der Waals surface area contributed by atoms with Crippen molar-refractivity contribution < 1.29 is 22.3 Å². The van der Waals surface area contributed by atoms with E-state index >= 15 is 4.39 Å². The molecule has 1 fully saturated rings. The zero-order valence-electron chi connectivity index (χ0n) is 19.7. The van der Waals surface area contributed by atoms with E-state index in [1.54, 1.807) is 6.07 Å². The minimum Gasteiger partial charge on any atom is -0.363 e. The monoisotopic (exact) mass is 569 g/mol. The first-order valence-corrected chi connectivity index (χ1v) is 12.7. The fourth-order valence-electron chi connectivity index (χ4n) is 4.86. The molecule has 1 unspecified atom stereocenters. The Kier molecular flexibility index (Phi) is 7.47. The van der Waals surface area contributed by atoms with E-state index in [2.05, 4.69) is 45.1 Å². The molecule has 4 aromatic carbocycles. The quantitative estimate of drug-likeness (QED) is 0.208. The van der Waals surface area contributed by atoms with Gasteiger partial charge in [-0.3, -0.25) is 4.90 Å². The van der Waals surface area contributed by atoms with Crippen molar-refractivity contribution in [2.75, 3.05) is 13.1 Å². The molecule has 0 saturated carbocycles. The maximum Gasteiger partial charge on any atom is 0.416 e.